The normalized spacial score (nSPS) is 10.7. The highest BCUT2D eigenvalue weighted by molar-refractivity contribution is 5.81. The van der Waals surface area contributed by atoms with E-state index in [1.54, 1.807) is 0 Å². The zero-order valence-corrected chi connectivity index (χ0v) is 11.3. The van der Waals surface area contributed by atoms with Gasteiger partial charge in [0.2, 0.25) is 0 Å². The first kappa shape index (κ1) is 12.5. The lowest BCUT2D eigenvalue weighted by atomic mass is 10.1. The minimum absolute atomic E-state index is 0.507. The second kappa shape index (κ2) is 5.21. The third kappa shape index (κ3) is 2.30. The lowest BCUT2D eigenvalue weighted by Crippen LogP contribution is -2.00. The Labute approximate surface area is 118 Å². The second-order valence-electron chi connectivity index (χ2n) is 4.75. The fraction of sp³-hybridized carbons (Fsp3) is 0.118. The topological polar surface area (TPSA) is 48.1 Å². The van der Waals surface area contributed by atoms with Crippen molar-refractivity contribution in [1.82, 2.24) is 4.98 Å². The van der Waals surface area contributed by atoms with Crippen LogP contribution in [0.5, 0.6) is 5.75 Å². The Morgan fingerprint density at radius 1 is 1.05 bits per heavy atom. The van der Waals surface area contributed by atoms with Gasteiger partial charge < -0.3 is 10.5 Å². The summed E-state index contributed by atoms with van der Waals surface area (Å²) in [6, 6.07) is 15.8. The van der Waals surface area contributed by atoms with Crippen molar-refractivity contribution in [3.63, 3.8) is 0 Å². The van der Waals surface area contributed by atoms with Gasteiger partial charge in [-0.1, -0.05) is 24.3 Å². The Balaban J connectivity index is 1.89. The Morgan fingerprint density at radius 2 is 1.90 bits per heavy atom. The predicted molar refractivity (Wildman–Crippen MR) is 81.7 cm³/mol. The molecule has 2 aromatic carbocycles. The summed E-state index contributed by atoms with van der Waals surface area (Å²) in [5.74, 6) is 0.825. The third-order valence-corrected chi connectivity index (χ3v) is 3.45. The van der Waals surface area contributed by atoms with Crippen LogP contribution in [-0.2, 0) is 6.61 Å². The van der Waals surface area contributed by atoms with E-state index in [9.17, 15) is 0 Å². The van der Waals surface area contributed by atoms with Crippen LogP contribution in [0.25, 0.3) is 10.9 Å². The number of benzene rings is 2. The highest BCUT2D eigenvalue weighted by Crippen LogP contribution is 2.25. The first-order valence-electron chi connectivity index (χ1n) is 6.56. The summed E-state index contributed by atoms with van der Waals surface area (Å²) in [5, 5.41) is 1.12. The van der Waals surface area contributed by atoms with E-state index in [2.05, 4.69) is 11.1 Å². The summed E-state index contributed by atoms with van der Waals surface area (Å²) >= 11 is 0. The molecule has 0 aliphatic rings. The minimum Gasteiger partial charge on any atom is -0.489 e. The van der Waals surface area contributed by atoms with Gasteiger partial charge in [0.15, 0.2) is 0 Å². The first-order valence-corrected chi connectivity index (χ1v) is 6.56. The SMILES string of the molecule is Cc1c(N)cccc1OCc1ccnc2ccccc12. The molecular weight excluding hydrogens is 248 g/mol. The largest absolute Gasteiger partial charge is 0.489 e. The van der Waals surface area contributed by atoms with Gasteiger partial charge >= 0.3 is 0 Å². The number of aromatic nitrogens is 1. The summed E-state index contributed by atoms with van der Waals surface area (Å²) in [4.78, 5) is 4.35. The molecule has 0 fully saturated rings. The molecule has 0 atom stereocenters. The lowest BCUT2D eigenvalue weighted by Gasteiger charge is -2.12. The highest BCUT2D eigenvalue weighted by Gasteiger charge is 2.05. The highest BCUT2D eigenvalue weighted by atomic mass is 16.5. The molecule has 1 aromatic heterocycles. The van der Waals surface area contributed by atoms with Crippen LogP contribution < -0.4 is 10.5 Å². The predicted octanol–water partition coefficient (Wildman–Crippen LogP) is 3.70. The van der Waals surface area contributed by atoms with E-state index in [0.29, 0.717) is 6.61 Å². The van der Waals surface area contributed by atoms with Gasteiger partial charge in [-0.15, -0.1) is 0 Å². The monoisotopic (exact) mass is 264 g/mol. The summed E-state index contributed by atoms with van der Waals surface area (Å²) in [6.07, 6.45) is 1.81. The maximum Gasteiger partial charge on any atom is 0.124 e. The molecule has 0 bridgehead atoms. The van der Waals surface area contributed by atoms with Gasteiger partial charge in [0.05, 0.1) is 5.52 Å². The van der Waals surface area contributed by atoms with Crippen LogP contribution in [-0.4, -0.2) is 4.98 Å². The molecule has 0 radical (unpaired) electrons. The summed E-state index contributed by atoms with van der Waals surface area (Å²) in [5.41, 5.74) is 9.73. The molecule has 0 unspecified atom stereocenters. The molecule has 2 N–H and O–H groups in total. The molecule has 3 heteroatoms. The molecule has 3 nitrogen and oxygen atoms in total. The molecule has 0 amide bonds. The molecule has 20 heavy (non-hydrogen) atoms. The van der Waals surface area contributed by atoms with Gasteiger partial charge in [-0.2, -0.15) is 0 Å². The molecule has 0 saturated heterocycles. The van der Waals surface area contributed by atoms with Crippen molar-refractivity contribution in [3.05, 3.63) is 65.9 Å². The second-order valence-corrected chi connectivity index (χ2v) is 4.75. The maximum absolute atomic E-state index is 5.90. The minimum atomic E-state index is 0.507. The first-order chi connectivity index (χ1) is 9.75. The van der Waals surface area contributed by atoms with Crippen LogP contribution in [0.4, 0.5) is 5.69 Å². The van der Waals surface area contributed by atoms with E-state index >= 15 is 0 Å². The molecule has 0 spiro atoms. The number of nitrogens with zero attached hydrogens (tertiary/aromatic N) is 1. The lowest BCUT2D eigenvalue weighted by molar-refractivity contribution is 0.305. The number of hydrogen-bond acceptors (Lipinski definition) is 3. The van der Waals surface area contributed by atoms with Gasteiger partial charge in [-0.05, 0) is 31.2 Å². The van der Waals surface area contributed by atoms with E-state index in [1.165, 1.54) is 0 Å². The van der Waals surface area contributed by atoms with Gasteiger partial charge in [0.25, 0.3) is 0 Å². The third-order valence-electron chi connectivity index (χ3n) is 3.45. The standard InChI is InChI=1S/C17H16N2O/c1-12-15(18)6-4-8-17(12)20-11-13-9-10-19-16-7-3-2-5-14(13)16/h2-10H,11,18H2,1H3. The average Bonchev–Trinajstić information content (AvgIpc) is 2.49. The molecule has 3 rings (SSSR count). The summed E-state index contributed by atoms with van der Waals surface area (Å²) in [6.45, 7) is 2.47. The van der Waals surface area contributed by atoms with Crippen LogP contribution in [0.2, 0.25) is 0 Å². The zero-order valence-electron chi connectivity index (χ0n) is 11.3. The molecule has 100 valence electrons. The van der Waals surface area contributed by atoms with E-state index in [0.717, 1.165) is 33.5 Å². The van der Waals surface area contributed by atoms with Gasteiger partial charge in [0, 0.05) is 28.4 Å². The van der Waals surface area contributed by atoms with Crippen molar-refractivity contribution >= 4 is 16.6 Å². The molecule has 0 aliphatic heterocycles. The molecule has 3 aromatic rings. The number of ether oxygens (including phenoxy) is 1. The number of fused-ring (bicyclic) bond motifs is 1. The molecule has 0 aliphatic carbocycles. The molecular formula is C17H16N2O. The van der Waals surface area contributed by atoms with Crippen molar-refractivity contribution < 1.29 is 4.74 Å². The Hall–Kier alpha value is -2.55. The van der Waals surface area contributed by atoms with Crippen LogP contribution in [0.1, 0.15) is 11.1 Å². The van der Waals surface area contributed by atoms with E-state index in [-0.39, 0.29) is 0 Å². The Morgan fingerprint density at radius 3 is 2.80 bits per heavy atom. The van der Waals surface area contributed by atoms with Crippen LogP contribution in [0.15, 0.2) is 54.7 Å². The number of para-hydroxylation sites is 1. The Kier molecular flexibility index (Phi) is 3.25. The molecule has 0 saturated carbocycles. The summed E-state index contributed by atoms with van der Waals surface area (Å²) in [7, 11) is 0. The van der Waals surface area contributed by atoms with E-state index < -0.39 is 0 Å². The average molecular weight is 264 g/mol. The maximum atomic E-state index is 5.90. The number of nitrogen functional groups attached to an aromatic ring is 1. The zero-order chi connectivity index (χ0) is 13.9. The smallest absolute Gasteiger partial charge is 0.124 e. The quantitative estimate of drug-likeness (QED) is 0.734. The van der Waals surface area contributed by atoms with Gasteiger partial charge in [-0.3, -0.25) is 4.98 Å². The van der Waals surface area contributed by atoms with Crippen molar-refractivity contribution in [2.24, 2.45) is 0 Å². The Bertz CT molecular complexity index is 748. The van der Waals surface area contributed by atoms with E-state index in [4.69, 9.17) is 10.5 Å². The number of pyridine rings is 1. The van der Waals surface area contributed by atoms with Gasteiger partial charge in [-0.25, -0.2) is 0 Å². The van der Waals surface area contributed by atoms with Crippen molar-refractivity contribution in [2.75, 3.05) is 5.73 Å². The number of hydrogen-bond donors (Lipinski definition) is 1. The van der Waals surface area contributed by atoms with Crippen molar-refractivity contribution in [1.29, 1.82) is 0 Å². The van der Waals surface area contributed by atoms with E-state index in [1.807, 2.05) is 55.6 Å². The fourth-order valence-corrected chi connectivity index (χ4v) is 2.22. The summed E-state index contributed by atoms with van der Waals surface area (Å²) < 4.78 is 5.90. The number of rotatable bonds is 3. The van der Waals surface area contributed by atoms with Gasteiger partial charge in [0.1, 0.15) is 12.4 Å². The van der Waals surface area contributed by atoms with Crippen molar-refractivity contribution in [3.8, 4) is 5.75 Å². The van der Waals surface area contributed by atoms with Crippen LogP contribution in [0.3, 0.4) is 0 Å². The fourth-order valence-electron chi connectivity index (χ4n) is 2.22. The van der Waals surface area contributed by atoms with Crippen LogP contribution >= 0.6 is 0 Å². The molecule has 1 heterocycles. The van der Waals surface area contributed by atoms with Crippen LogP contribution in [0, 0.1) is 6.92 Å². The number of anilines is 1. The van der Waals surface area contributed by atoms with Crippen molar-refractivity contribution in [2.45, 2.75) is 13.5 Å². The number of nitrogens with two attached hydrogens (primary N) is 1.